The van der Waals surface area contributed by atoms with Gasteiger partial charge in [-0.25, -0.2) is 0 Å². The first-order valence-electron chi connectivity index (χ1n) is 5.83. The van der Waals surface area contributed by atoms with E-state index in [0.717, 1.165) is 0 Å². The van der Waals surface area contributed by atoms with Crippen LogP contribution in [0.1, 0.15) is 73.6 Å². The van der Waals surface area contributed by atoms with E-state index in [0.29, 0.717) is 10.8 Å². The molecule has 0 heterocycles. The monoisotopic (exact) mass is 184 g/mol. The van der Waals surface area contributed by atoms with Crippen molar-refractivity contribution in [2.24, 2.45) is 10.8 Å². The number of hydrogen-bond donors (Lipinski definition) is 0. The molecule has 0 saturated heterocycles. The fraction of sp³-hybridized carbons (Fsp3) is 1.00. The molecule has 0 aliphatic rings. The summed E-state index contributed by atoms with van der Waals surface area (Å²) < 4.78 is 0. The third-order valence-corrected chi connectivity index (χ3v) is 3.62. The van der Waals surface area contributed by atoms with Crippen molar-refractivity contribution in [2.75, 3.05) is 0 Å². The van der Waals surface area contributed by atoms with Crippen LogP contribution in [0, 0.1) is 10.8 Å². The van der Waals surface area contributed by atoms with E-state index >= 15 is 0 Å². The fourth-order valence-electron chi connectivity index (χ4n) is 1.40. The highest BCUT2D eigenvalue weighted by atomic mass is 14.2. The van der Waals surface area contributed by atoms with Crippen LogP contribution in [0.15, 0.2) is 0 Å². The van der Waals surface area contributed by atoms with Crippen molar-refractivity contribution in [3.05, 3.63) is 0 Å². The van der Waals surface area contributed by atoms with Gasteiger partial charge in [0.25, 0.3) is 0 Å². The molecule has 0 aliphatic heterocycles. The smallest absolute Gasteiger partial charge is 0.0357 e. The van der Waals surface area contributed by atoms with Gasteiger partial charge in [-0.05, 0) is 23.7 Å². The Balaban J connectivity index is 3.68. The lowest BCUT2D eigenvalue weighted by Crippen LogP contribution is -2.13. The van der Waals surface area contributed by atoms with Crippen molar-refractivity contribution >= 4 is 0 Å². The maximum atomic E-state index is 2.38. The maximum absolute atomic E-state index is 2.38. The van der Waals surface area contributed by atoms with Crippen LogP contribution in [0.2, 0.25) is 0 Å². The third-order valence-electron chi connectivity index (χ3n) is 3.62. The summed E-state index contributed by atoms with van der Waals surface area (Å²) in [6.07, 6.45) is 6.76. The van der Waals surface area contributed by atoms with E-state index in [1.54, 1.807) is 0 Å². The molecule has 0 aromatic rings. The Hall–Kier alpha value is 0. The number of rotatable bonds is 6. The fourth-order valence-corrected chi connectivity index (χ4v) is 1.40. The second-order valence-corrected chi connectivity index (χ2v) is 5.89. The Morgan fingerprint density at radius 1 is 0.692 bits per heavy atom. The molecule has 13 heavy (non-hydrogen) atoms. The van der Waals surface area contributed by atoms with E-state index in [1.807, 2.05) is 0 Å². The zero-order chi connectivity index (χ0) is 10.5. The Labute approximate surface area is 85.1 Å². The Bertz CT molecular complexity index is 115. The Kier molecular flexibility index (Phi) is 5.02. The van der Waals surface area contributed by atoms with E-state index in [4.69, 9.17) is 0 Å². The van der Waals surface area contributed by atoms with Gasteiger partial charge in [0.2, 0.25) is 0 Å². The molecule has 0 spiro atoms. The van der Waals surface area contributed by atoms with Crippen molar-refractivity contribution < 1.29 is 0 Å². The second kappa shape index (κ2) is 5.02. The maximum Gasteiger partial charge on any atom is -0.0357 e. The molecule has 0 N–H and O–H groups in total. The van der Waals surface area contributed by atoms with Gasteiger partial charge in [-0.3, -0.25) is 0 Å². The van der Waals surface area contributed by atoms with Gasteiger partial charge in [-0.1, -0.05) is 60.8 Å². The first kappa shape index (κ1) is 13.0. The summed E-state index contributed by atoms with van der Waals surface area (Å²) in [5.41, 5.74) is 1.12. The van der Waals surface area contributed by atoms with Crippen LogP contribution in [-0.4, -0.2) is 0 Å². The van der Waals surface area contributed by atoms with Gasteiger partial charge in [0.1, 0.15) is 0 Å². The molecule has 0 saturated carbocycles. The van der Waals surface area contributed by atoms with Crippen LogP contribution in [0.4, 0.5) is 0 Å². The normalized spacial score (nSPS) is 13.4. The number of hydrogen-bond acceptors (Lipinski definition) is 0. The molecule has 0 atom stereocenters. The van der Waals surface area contributed by atoms with Crippen LogP contribution in [0.5, 0.6) is 0 Å². The van der Waals surface area contributed by atoms with E-state index in [1.165, 1.54) is 32.1 Å². The minimum atomic E-state index is 0.559. The first-order chi connectivity index (χ1) is 5.83. The summed E-state index contributed by atoms with van der Waals surface area (Å²) in [6.45, 7) is 14.1. The summed E-state index contributed by atoms with van der Waals surface area (Å²) in [6, 6.07) is 0. The van der Waals surface area contributed by atoms with Crippen molar-refractivity contribution in [1.29, 1.82) is 0 Å². The zero-order valence-corrected chi connectivity index (χ0v) is 10.5. The zero-order valence-electron chi connectivity index (χ0n) is 10.5. The lowest BCUT2D eigenvalue weighted by atomic mass is 9.79. The van der Waals surface area contributed by atoms with Gasteiger partial charge >= 0.3 is 0 Å². The molecule has 0 amide bonds. The van der Waals surface area contributed by atoms with Gasteiger partial charge in [-0.15, -0.1) is 0 Å². The topological polar surface area (TPSA) is 0 Å². The highest BCUT2D eigenvalue weighted by Crippen LogP contribution is 2.32. The second-order valence-electron chi connectivity index (χ2n) is 5.89. The molecule has 0 aromatic carbocycles. The van der Waals surface area contributed by atoms with Gasteiger partial charge in [0.15, 0.2) is 0 Å². The molecule has 0 heteroatoms. The van der Waals surface area contributed by atoms with E-state index < -0.39 is 0 Å². The average Bonchev–Trinajstić information content (AvgIpc) is 2.04. The van der Waals surface area contributed by atoms with Gasteiger partial charge in [-0.2, -0.15) is 0 Å². The molecular weight excluding hydrogens is 156 g/mol. The molecule has 0 unspecified atom stereocenters. The average molecular weight is 184 g/mol. The molecule has 80 valence electrons. The lowest BCUT2D eigenvalue weighted by molar-refractivity contribution is 0.256. The summed E-state index contributed by atoms with van der Waals surface area (Å²) >= 11 is 0. The summed E-state index contributed by atoms with van der Waals surface area (Å²) in [7, 11) is 0. The molecule has 0 aliphatic carbocycles. The summed E-state index contributed by atoms with van der Waals surface area (Å²) in [4.78, 5) is 0. The van der Waals surface area contributed by atoms with Crippen molar-refractivity contribution in [2.45, 2.75) is 73.6 Å². The van der Waals surface area contributed by atoms with E-state index in [2.05, 4.69) is 41.5 Å². The molecule has 0 nitrogen and oxygen atoms in total. The molecular formula is C13H28. The molecule has 0 radical (unpaired) electrons. The van der Waals surface area contributed by atoms with E-state index in [-0.39, 0.29) is 0 Å². The van der Waals surface area contributed by atoms with Gasteiger partial charge < -0.3 is 0 Å². The summed E-state index contributed by atoms with van der Waals surface area (Å²) in [5.74, 6) is 0. The Morgan fingerprint density at radius 3 is 1.23 bits per heavy atom. The molecule has 0 bridgehead atoms. The van der Waals surface area contributed by atoms with Crippen molar-refractivity contribution in [1.82, 2.24) is 0 Å². The predicted molar refractivity (Wildman–Crippen MR) is 62.0 cm³/mol. The van der Waals surface area contributed by atoms with Crippen LogP contribution in [0.25, 0.3) is 0 Å². The minimum Gasteiger partial charge on any atom is -0.0649 e. The predicted octanol–water partition coefficient (Wildman–Crippen LogP) is 5.03. The largest absolute Gasteiger partial charge is 0.0649 e. The van der Waals surface area contributed by atoms with Crippen molar-refractivity contribution in [3.63, 3.8) is 0 Å². The quantitative estimate of drug-likeness (QED) is 0.543. The Morgan fingerprint density at radius 2 is 1.00 bits per heavy atom. The highest BCUT2D eigenvalue weighted by molar-refractivity contribution is 4.71. The minimum absolute atomic E-state index is 0.559. The molecule has 0 aromatic heterocycles. The SMILES string of the molecule is CCC(C)(C)CCCC(C)(C)CC. The van der Waals surface area contributed by atoms with Crippen LogP contribution < -0.4 is 0 Å². The first-order valence-corrected chi connectivity index (χ1v) is 5.83. The lowest BCUT2D eigenvalue weighted by Gasteiger charge is -2.27. The standard InChI is InChI=1S/C13H28/c1-7-12(3,4)10-9-11-13(5,6)8-2/h7-11H2,1-6H3. The third kappa shape index (κ3) is 6.12. The molecule has 0 fully saturated rings. The molecule has 0 rings (SSSR count). The highest BCUT2D eigenvalue weighted by Gasteiger charge is 2.18. The summed E-state index contributed by atoms with van der Waals surface area (Å²) in [5, 5.41) is 0. The van der Waals surface area contributed by atoms with Gasteiger partial charge in [0.05, 0.1) is 0 Å². The van der Waals surface area contributed by atoms with Crippen LogP contribution >= 0.6 is 0 Å². The van der Waals surface area contributed by atoms with Crippen LogP contribution in [0.3, 0.4) is 0 Å². The van der Waals surface area contributed by atoms with Gasteiger partial charge in [0, 0.05) is 0 Å². The van der Waals surface area contributed by atoms with Crippen molar-refractivity contribution in [3.8, 4) is 0 Å². The van der Waals surface area contributed by atoms with E-state index in [9.17, 15) is 0 Å². The van der Waals surface area contributed by atoms with Crippen LogP contribution in [-0.2, 0) is 0 Å².